The maximum Gasteiger partial charge on any atom is 0.343 e. The number of hydrogen-bond donors (Lipinski definition) is 0. The number of anilines is 2. The summed E-state index contributed by atoms with van der Waals surface area (Å²) in [4.78, 5) is 57.7. The molecule has 41 heavy (non-hydrogen) atoms. The van der Waals surface area contributed by atoms with Gasteiger partial charge in [0.2, 0.25) is 5.91 Å². The largest absolute Gasteiger partial charge is 0.423 e. The lowest BCUT2D eigenvalue weighted by Crippen LogP contribution is -2.37. The third-order valence-electron chi connectivity index (χ3n) is 7.16. The molecule has 0 aromatic heterocycles. The minimum atomic E-state index is -1.10. The van der Waals surface area contributed by atoms with Crippen LogP contribution in [0.25, 0.3) is 0 Å². The van der Waals surface area contributed by atoms with Crippen molar-refractivity contribution >= 4 is 34.8 Å². The van der Waals surface area contributed by atoms with Gasteiger partial charge in [-0.05, 0) is 61.0 Å². The molecule has 2 aliphatic heterocycles. The van der Waals surface area contributed by atoms with E-state index in [4.69, 9.17) is 9.57 Å². The molecule has 10 heteroatoms. The Balaban J connectivity index is 1.34. The highest BCUT2D eigenvalue weighted by atomic mass is 16.7. The number of hydroxylamine groups is 1. The van der Waals surface area contributed by atoms with Crippen LogP contribution in [0.15, 0.2) is 103 Å². The predicted molar refractivity (Wildman–Crippen MR) is 148 cm³/mol. The number of benzene rings is 4. The molecule has 2 fully saturated rings. The van der Waals surface area contributed by atoms with Crippen molar-refractivity contribution in [2.24, 2.45) is 5.92 Å². The van der Waals surface area contributed by atoms with E-state index in [2.05, 4.69) is 0 Å². The first-order valence-electron chi connectivity index (χ1n) is 12.8. The summed E-state index contributed by atoms with van der Waals surface area (Å²) in [5.41, 5.74) is 2.80. The third-order valence-corrected chi connectivity index (χ3v) is 7.16. The maximum atomic E-state index is 13.8. The Bertz CT molecular complexity index is 1640. The van der Waals surface area contributed by atoms with Crippen LogP contribution in [0, 0.1) is 23.0 Å². The van der Waals surface area contributed by atoms with E-state index in [0.29, 0.717) is 28.3 Å². The molecule has 204 valence electrons. The van der Waals surface area contributed by atoms with Crippen molar-refractivity contribution in [3.05, 3.63) is 130 Å². The van der Waals surface area contributed by atoms with Crippen LogP contribution in [0.3, 0.4) is 0 Å². The van der Waals surface area contributed by atoms with Gasteiger partial charge in [0.1, 0.15) is 11.7 Å². The average Bonchev–Trinajstić information content (AvgIpc) is 3.50. The highest BCUT2D eigenvalue weighted by molar-refractivity contribution is 6.23. The van der Waals surface area contributed by atoms with E-state index in [1.807, 2.05) is 19.1 Å². The number of nitro benzene ring substituents is 1. The van der Waals surface area contributed by atoms with Gasteiger partial charge in [0.15, 0.2) is 6.10 Å². The summed E-state index contributed by atoms with van der Waals surface area (Å²) in [6.07, 6.45) is -1.10. The highest BCUT2D eigenvalue weighted by Gasteiger charge is 2.60. The van der Waals surface area contributed by atoms with Gasteiger partial charge in [0, 0.05) is 12.1 Å². The van der Waals surface area contributed by atoms with Gasteiger partial charge in [-0.3, -0.25) is 24.5 Å². The van der Waals surface area contributed by atoms with Crippen LogP contribution in [0.2, 0.25) is 0 Å². The van der Waals surface area contributed by atoms with Crippen molar-refractivity contribution in [1.29, 1.82) is 0 Å². The number of carbonyl (C=O) groups excluding carboxylic acids is 3. The van der Waals surface area contributed by atoms with Crippen LogP contribution < -0.4 is 14.7 Å². The zero-order valence-corrected chi connectivity index (χ0v) is 21.7. The average molecular weight is 550 g/mol. The zero-order chi connectivity index (χ0) is 28.7. The Hall–Kier alpha value is -5.35. The van der Waals surface area contributed by atoms with Gasteiger partial charge in [-0.25, -0.2) is 14.8 Å². The monoisotopic (exact) mass is 549 g/mol. The number of aryl methyl sites for hydroxylation is 1. The fraction of sp³-hybridized carbons (Fsp3) is 0.129. The van der Waals surface area contributed by atoms with Gasteiger partial charge in [-0.2, -0.15) is 0 Å². The van der Waals surface area contributed by atoms with Crippen molar-refractivity contribution < 1.29 is 28.9 Å². The fourth-order valence-corrected chi connectivity index (χ4v) is 5.12. The summed E-state index contributed by atoms with van der Waals surface area (Å²) >= 11 is 0. The maximum absolute atomic E-state index is 13.8. The fourth-order valence-electron chi connectivity index (χ4n) is 5.12. The molecule has 0 unspecified atom stereocenters. The second-order valence-corrected chi connectivity index (χ2v) is 9.77. The van der Waals surface area contributed by atoms with Crippen LogP contribution in [0.5, 0.6) is 5.75 Å². The third kappa shape index (κ3) is 4.70. The van der Waals surface area contributed by atoms with E-state index in [9.17, 15) is 24.5 Å². The summed E-state index contributed by atoms with van der Waals surface area (Å²) in [6.45, 7) is 1.91. The van der Waals surface area contributed by atoms with Gasteiger partial charge < -0.3 is 4.74 Å². The zero-order valence-electron chi connectivity index (χ0n) is 21.7. The molecule has 6 rings (SSSR count). The summed E-state index contributed by atoms with van der Waals surface area (Å²) in [7, 11) is 0. The number of rotatable bonds is 6. The molecular weight excluding hydrogens is 526 g/mol. The molecule has 0 N–H and O–H groups in total. The molecule has 4 aromatic carbocycles. The molecule has 2 amide bonds. The lowest BCUT2D eigenvalue weighted by atomic mass is 9.90. The van der Waals surface area contributed by atoms with Crippen molar-refractivity contribution in [3.63, 3.8) is 0 Å². The number of amides is 2. The Morgan fingerprint density at radius 3 is 2.10 bits per heavy atom. The molecule has 10 nitrogen and oxygen atoms in total. The quantitative estimate of drug-likeness (QED) is 0.106. The minimum absolute atomic E-state index is 0.105. The van der Waals surface area contributed by atoms with E-state index < -0.39 is 40.8 Å². The Kier molecular flexibility index (Phi) is 6.52. The topological polar surface area (TPSA) is 119 Å². The van der Waals surface area contributed by atoms with Gasteiger partial charge in [-0.1, -0.05) is 48.0 Å². The smallest absolute Gasteiger partial charge is 0.343 e. The van der Waals surface area contributed by atoms with E-state index in [0.717, 1.165) is 10.5 Å². The molecule has 0 radical (unpaired) electrons. The summed E-state index contributed by atoms with van der Waals surface area (Å²) in [5.74, 6) is -2.02. The van der Waals surface area contributed by atoms with Crippen molar-refractivity contribution in [1.82, 2.24) is 0 Å². The second-order valence-electron chi connectivity index (χ2n) is 9.77. The molecule has 0 aliphatic carbocycles. The van der Waals surface area contributed by atoms with Crippen molar-refractivity contribution in [2.75, 3.05) is 9.96 Å². The van der Waals surface area contributed by atoms with Crippen LogP contribution in [-0.2, 0) is 14.4 Å². The van der Waals surface area contributed by atoms with Crippen LogP contribution in [0.4, 0.5) is 17.1 Å². The number of nitro groups is 1. The van der Waals surface area contributed by atoms with Gasteiger partial charge in [-0.15, -0.1) is 0 Å². The lowest BCUT2D eigenvalue weighted by Gasteiger charge is -2.28. The van der Waals surface area contributed by atoms with E-state index >= 15 is 0 Å². The number of esters is 1. The normalized spacial score (nSPS) is 19.8. The summed E-state index contributed by atoms with van der Waals surface area (Å²) in [5, 5.41) is 12.6. The Morgan fingerprint density at radius 2 is 1.46 bits per heavy atom. The first-order chi connectivity index (χ1) is 19.8. The van der Waals surface area contributed by atoms with Gasteiger partial charge in [0.25, 0.3) is 11.6 Å². The Morgan fingerprint density at radius 1 is 0.829 bits per heavy atom. The SMILES string of the molecule is Cc1ccc(N2C(=O)[C@H]3[C@H](ON(c4ccc([N+](=O)[O-])cc4)[C@H]3c3ccc(OC(=O)c4ccccc4)cc3)C2=O)cc1. The standard InChI is InChI=1S/C31H23N3O7/c1-19-7-11-22(12-8-19)32-29(35)26-27(20-9-17-25(18-10-20)40-31(37)21-5-3-2-4-6-21)33(41-28(26)30(32)36)23-13-15-24(16-14-23)34(38)39/h2-18,26-28H,1H3/t26-,27+,28+/m1/s1. The minimum Gasteiger partial charge on any atom is -0.423 e. The second kappa shape index (κ2) is 10.3. The molecule has 0 bridgehead atoms. The number of nitrogens with zero attached hydrogens (tertiary/aromatic N) is 3. The van der Waals surface area contributed by atoms with Crippen LogP contribution in [0.1, 0.15) is 27.5 Å². The molecule has 2 saturated heterocycles. The molecule has 0 saturated carbocycles. The van der Waals surface area contributed by atoms with E-state index in [1.54, 1.807) is 66.7 Å². The Labute approximate surface area is 234 Å². The first kappa shape index (κ1) is 25.9. The molecule has 2 heterocycles. The molecule has 0 spiro atoms. The lowest BCUT2D eigenvalue weighted by molar-refractivity contribution is -0.384. The number of fused-ring (bicyclic) bond motifs is 1. The van der Waals surface area contributed by atoms with Crippen molar-refractivity contribution in [2.45, 2.75) is 19.1 Å². The molecule has 3 atom stereocenters. The van der Waals surface area contributed by atoms with E-state index in [-0.39, 0.29) is 5.69 Å². The molecular formula is C31H23N3O7. The highest BCUT2D eigenvalue weighted by Crippen LogP contribution is 2.48. The van der Waals surface area contributed by atoms with Gasteiger partial charge >= 0.3 is 5.97 Å². The van der Waals surface area contributed by atoms with Gasteiger partial charge in [0.05, 0.1) is 27.9 Å². The number of carbonyl (C=O) groups is 3. The van der Waals surface area contributed by atoms with Crippen molar-refractivity contribution in [3.8, 4) is 5.75 Å². The summed E-state index contributed by atoms with van der Waals surface area (Å²) < 4.78 is 5.50. The van der Waals surface area contributed by atoms with E-state index in [1.165, 1.54) is 29.3 Å². The number of imide groups is 1. The molecule has 2 aliphatic rings. The molecule has 4 aromatic rings. The first-order valence-corrected chi connectivity index (χ1v) is 12.8. The number of non-ortho nitro benzene ring substituents is 1. The van der Waals surface area contributed by atoms with Crippen LogP contribution >= 0.6 is 0 Å². The predicted octanol–water partition coefficient (Wildman–Crippen LogP) is 5.17. The number of ether oxygens (including phenoxy) is 1. The van der Waals surface area contributed by atoms with Crippen LogP contribution in [-0.4, -0.2) is 28.8 Å². The number of hydrogen-bond acceptors (Lipinski definition) is 8. The summed E-state index contributed by atoms with van der Waals surface area (Å²) in [6, 6.07) is 27.2.